The summed E-state index contributed by atoms with van der Waals surface area (Å²) in [6.07, 6.45) is 0. The lowest BCUT2D eigenvalue weighted by Crippen LogP contribution is -1.99. The monoisotopic (exact) mass is 727 g/mol. The predicted octanol–water partition coefficient (Wildman–Crippen LogP) is 14.2. The van der Waals surface area contributed by atoms with Crippen LogP contribution in [0.4, 0.5) is 0 Å². The summed E-state index contributed by atoms with van der Waals surface area (Å²) in [4.78, 5) is 5.38. The summed E-state index contributed by atoms with van der Waals surface area (Å²) in [5.74, 6) is 0.871. The van der Waals surface area contributed by atoms with Crippen LogP contribution in [0.1, 0.15) is 0 Å². The van der Waals surface area contributed by atoms with Gasteiger partial charge in [0.05, 0.1) is 27.8 Å². The topological polar surface area (TPSA) is 35.9 Å². The van der Waals surface area contributed by atoms with Crippen LogP contribution in [0.2, 0.25) is 0 Å². The lowest BCUT2D eigenvalue weighted by molar-refractivity contribution is 0.669. The molecule has 0 aliphatic heterocycles. The van der Waals surface area contributed by atoms with Crippen molar-refractivity contribution < 1.29 is 4.42 Å². The van der Waals surface area contributed by atoms with E-state index in [0.717, 1.165) is 55.7 Å². The number of rotatable bonds is 5. The minimum Gasteiger partial charge on any atom is -0.456 e. The molecule has 0 saturated carbocycles. The third kappa shape index (κ3) is 4.91. The number of benzene rings is 8. The molecule has 0 N–H and O–H groups in total. The molecule has 12 rings (SSSR count). The second-order valence-corrected chi connectivity index (χ2v) is 14.8. The first-order chi connectivity index (χ1) is 28.3. The molecule has 4 heteroatoms. The van der Waals surface area contributed by atoms with Gasteiger partial charge in [0.25, 0.3) is 0 Å². The number of furan rings is 1. The molecule has 4 aromatic heterocycles. The van der Waals surface area contributed by atoms with E-state index in [2.05, 4.69) is 197 Å². The molecule has 4 heterocycles. The molecule has 0 atom stereocenters. The highest BCUT2D eigenvalue weighted by atomic mass is 16.3. The van der Waals surface area contributed by atoms with Crippen molar-refractivity contribution in [2.24, 2.45) is 0 Å². The molecule has 266 valence electrons. The smallest absolute Gasteiger partial charge is 0.138 e. The van der Waals surface area contributed by atoms with Crippen molar-refractivity contribution in [3.05, 3.63) is 200 Å². The Bertz CT molecular complexity index is 3460. The Kier molecular flexibility index (Phi) is 6.89. The minimum atomic E-state index is 0.871. The molecule has 0 spiro atoms. The van der Waals surface area contributed by atoms with E-state index in [1.165, 1.54) is 54.8 Å². The number of hydrogen-bond acceptors (Lipinski definition) is 2. The van der Waals surface area contributed by atoms with E-state index in [9.17, 15) is 0 Å². The Hall–Kier alpha value is -7.69. The second-order valence-electron chi connectivity index (χ2n) is 14.8. The van der Waals surface area contributed by atoms with E-state index < -0.39 is 0 Å². The van der Waals surface area contributed by atoms with Crippen molar-refractivity contribution >= 4 is 65.6 Å². The molecule has 57 heavy (non-hydrogen) atoms. The van der Waals surface area contributed by atoms with Gasteiger partial charge < -0.3 is 8.98 Å². The highest BCUT2D eigenvalue weighted by Crippen LogP contribution is 2.43. The first kappa shape index (κ1) is 31.6. The minimum absolute atomic E-state index is 0.871. The molecule has 12 aromatic rings. The van der Waals surface area contributed by atoms with Gasteiger partial charge in [-0.2, -0.15) is 0 Å². The van der Waals surface area contributed by atoms with Gasteiger partial charge in [0.1, 0.15) is 17.0 Å². The van der Waals surface area contributed by atoms with E-state index in [0.29, 0.717) is 0 Å². The summed E-state index contributed by atoms with van der Waals surface area (Å²) in [5.41, 5.74) is 14.1. The van der Waals surface area contributed by atoms with Crippen molar-refractivity contribution in [2.75, 3.05) is 0 Å². The van der Waals surface area contributed by atoms with Crippen LogP contribution in [0.25, 0.3) is 111 Å². The quantitative estimate of drug-likeness (QED) is 0.177. The Morgan fingerprint density at radius 3 is 1.74 bits per heavy atom. The fraction of sp³-hybridized carbons (Fsp3) is 0. The van der Waals surface area contributed by atoms with Crippen molar-refractivity contribution in [3.8, 4) is 45.0 Å². The van der Waals surface area contributed by atoms with Crippen LogP contribution in [0.5, 0.6) is 0 Å². The molecule has 0 radical (unpaired) electrons. The molecular weight excluding hydrogens is 695 g/mol. The summed E-state index contributed by atoms with van der Waals surface area (Å²) in [6.45, 7) is 0. The fourth-order valence-electron chi connectivity index (χ4n) is 8.95. The van der Waals surface area contributed by atoms with Crippen molar-refractivity contribution in [1.82, 2.24) is 14.1 Å². The SMILES string of the molecule is c1ccc(-c2cc(-c3ccccc3)cc(-n3c4ccccc4c4ccc5c(c6ccccc6n5-c5cccc(-c6ccc7oc8ccccc8c7c6)n5)c43)c2)cc1. The van der Waals surface area contributed by atoms with Crippen molar-refractivity contribution in [1.29, 1.82) is 0 Å². The molecule has 0 aliphatic rings. The standard InChI is InChI=1S/C53H33N3O/c1-3-14-34(15-4-1)37-30-38(35-16-5-2-6-17-35)32-39(31-37)55-46-22-10-7-18-40(46)42-27-28-48-52(53(42)55)43-20-8-11-23-47(43)56(48)51-25-13-21-45(54-51)36-26-29-50-44(33-36)41-19-9-12-24-49(41)57-50/h1-33H. The van der Waals surface area contributed by atoms with Crippen LogP contribution in [0.3, 0.4) is 0 Å². The molecular formula is C53H33N3O. The fourth-order valence-corrected chi connectivity index (χ4v) is 8.95. The molecule has 0 unspecified atom stereocenters. The molecule has 0 saturated heterocycles. The third-order valence-corrected chi connectivity index (χ3v) is 11.5. The molecule has 0 fully saturated rings. The Morgan fingerprint density at radius 2 is 0.982 bits per heavy atom. The van der Waals surface area contributed by atoms with Crippen LogP contribution in [0, 0.1) is 0 Å². The first-order valence-corrected chi connectivity index (χ1v) is 19.4. The van der Waals surface area contributed by atoms with Crippen LogP contribution >= 0.6 is 0 Å². The van der Waals surface area contributed by atoms with Gasteiger partial charge in [-0.15, -0.1) is 0 Å². The summed E-state index contributed by atoms with van der Waals surface area (Å²) in [6, 6.07) is 71.5. The van der Waals surface area contributed by atoms with E-state index in [4.69, 9.17) is 9.40 Å². The number of hydrogen-bond donors (Lipinski definition) is 0. The zero-order chi connectivity index (χ0) is 37.5. The Labute approximate surface area is 328 Å². The van der Waals surface area contributed by atoms with Gasteiger partial charge in [-0.05, 0) is 95.1 Å². The van der Waals surface area contributed by atoms with Gasteiger partial charge in [-0.3, -0.25) is 4.57 Å². The zero-order valence-electron chi connectivity index (χ0n) is 30.8. The number of pyridine rings is 1. The van der Waals surface area contributed by atoms with Crippen LogP contribution in [-0.2, 0) is 0 Å². The molecule has 0 amide bonds. The van der Waals surface area contributed by atoms with E-state index >= 15 is 0 Å². The number of fused-ring (bicyclic) bond motifs is 10. The lowest BCUT2D eigenvalue weighted by atomic mass is 9.98. The average Bonchev–Trinajstić information content (AvgIpc) is 3.94. The number of nitrogens with zero attached hydrogens (tertiary/aromatic N) is 3. The Morgan fingerprint density at radius 1 is 0.351 bits per heavy atom. The largest absolute Gasteiger partial charge is 0.456 e. The van der Waals surface area contributed by atoms with Crippen molar-refractivity contribution in [2.45, 2.75) is 0 Å². The Balaban J connectivity index is 1.13. The van der Waals surface area contributed by atoms with Gasteiger partial charge >= 0.3 is 0 Å². The van der Waals surface area contributed by atoms with Gasteiger partial charge in [0.2, 0.25) is 0 Å². The number of para-hydroxylation sites is 3. The second kappa shape index (κ2) is 12.4. The third-order valence-electron chi connectivity index (χ3n) is 11.5. The maximum atomic E-state index is 6.15. The van der Waals surface area contributed by atoms with Crippen LogP contribution in [0.15, 0.2) is 205 Å². The average molecular weight is 728 g/mol. The highest BCUT2D eigenvalue weighted by molar-refractivity contribution is 6.26. The molecule has 0 aliphatic carbocycles. The summed E-state index contributed by atoms with van der Waals surface area (Å²) in [5, 5.41) is 7.02. The predicted molar refractivity (Wildman–Crippen MR) is 237 cm³/mol. The highest BCUT2D eigenvalue weighted by Gasteiger charge is 2.22. The van der Waals surface area contributed by atoms with Crippen molar-refractivity contribution in [3.63, 3.8) is 0 Å². The van der Waals surface area contributed by atoms with E-state index in [1.54, 1.807) is 0 Å². The van der Waals surface area contributed by atoms with Gasteiger partial charge in [0.15, 0.2) is 0 Å². The number of aromatic nitrogens is 3. The first-order valence-electron chi connectivity index (χ1n) is 19.4. The van der Waals surface area contributed by atoms with Gasteiger partial charge in [-0.1, -0.05) is 127 Å². The maximum absolute atomic E-state index is 6.15. The molecule has 4 nitrogen and oxygen atoms in total. The van der Waals surface area contributed by atoms with E-state index in [1.807, 2.05) is 12.1 Å². The zero-order valence-corrected chi connectivity index (χ0v) is 30.8. The lowest BCUT2D eigenvalue weighted by Gasteiger charge is -2.15. The van der Waals surface area contributed by atoms with Crippen LogP contribution < -0.4 is 0 Å². The van der Waals surface area contributed by atoms with Crippen LogP contribution in [-0.4, -0.2) is 14.1 Å². The summed E-state index contributed by atoms with van der Waals surface area (Å²) in [7, 11) is 0. The molecule has 8 aromatic carbocycles. The summed E-state index contributed by atoms with van der Waals surface area (Å²) >= 11 is 0. The molecule has 0 bridgehead atoms. The normalized spacial score (nSPS) is 11.9. The summed E-state index contributed by atoms with van der Waals surface area (Å²) < 4.78 is 11.0. The van der Waals surface area contributed by atoms with Gasteiger partial charge in [-0.25, -0.2) is 4.98 Å². The van der Waals surface area contributed by atoms with Gasteiger partial charge in [0, 0.05) is 43.6 Å². The van der Waals surface area contributed by atoms with E-state index in [-0.39, 0.29) is 0 Å². The maximum Gasteiger partial charge on any atom is 0.138 e.